The van der Waals surface area contributed by atoms with Gasteiger partial charge in [0, 0.05) is 24.0 Å². The molecular weight excluding hydrogens is 469 g/mol. The highest BCUT2D eigenvalue weighted by Crippen LogP contribution is 2.28. The molecule has 0 spiro atoms. The number of carbonyl (C=O) groups excluding carboxylic acids is 1. The SMILES string of the molecule is CCN(CC)C(=O)CSc1nc2c([nH]c3ccccc32)c(=O)n1-c1ccc(OC(F)(F)F)cc1. The molecule has 0 fully saturated rings. The number of hydrogen-bond donors (Lipinski definition) is 1. The van der Waals surface area contributed by atoms with Crippen LogP contribution < -0.4 is 10.3 Å². The van der Waals surface area contributed by atoms with Crippen molar-refractivity contribution in [3.63, 3.8) is 0 Å². The number of amides is 1. The Morgan fingerprint density at radius 2 is 1.79 bits per heavy atom. The molecule has 4 rings (SSSR count). The zero-order valence-electron chi connectivity index (χ0n) is 18.3. The van der Waals surface area contributed by atoms with Crippen LogP contribution in [0, 0.1) is 0 Å². The summed E-state index contributed by atoms with van der Waals surface area (Å²) in [5.74, 6) is -0.462. The first-order chi connectivity index (χ1) is 16.2. The zero-order valence-corrected chi connectivity index (χ0v) is 19.2. The molecule has 0 aliphatic rings. The third-order valence-electron chi connectivity index (χ3n) is 5.26. The maximum Gasteiger partial charge on any atom is 0.573 e. The molecule has 0 aliphatic heterocycles. The van der Waals surface area contributed by atoms with Gasteiger partial charge in [-0.05, 0) is 44.2 Å². The summed E-state index contributed by atoms with van der Waals surface area (Å²) >= 11 is 1.10. The van der Waals surface area contributed by atoms with Gasteiger partial charge in [0.1, 0.15) is 16.8 Å². The Kier molecular flexibility index (Phi) is 6.56. The Labute approximate surface area is 196 Å². The summed E-state index contributed by atoms with van der Waals surface area (Å²) in [6, 6.07) is 12.3. The molecule has 34 heavy (non-hydrogen) atoms. The van der Waals surface area contributed by atoms with Gasteiger partial charge in [-0.2, -0.15) is 0 Å². The lowest BCUT2D eigenvalue weighted by atomic mass is 10.2. The second kappa shape index (κ2) is 9.41. The molecule has 0 bridgehead atoms. The lowest BCUT2D eigenvalue weighted by Gasteiger charge is -2.19. The van der Waals surface area contributed by atoms with Gasteiger partial charge in [0.2, 0.25) is 5.91 Å². The number of hydrogen-bond acceptors (Lipinski definition) is 5. The average molecular weight is 491 g/mol. The van der Waals surface area contributed by atoms with Gasteiger partial charge in [-0.3, -0.25) is 14.2 Å². The average Bonchev–Trinajstić information content (AvgIpc) is 3.17. The Morgan fingerprint density at radius 3 is 2.44 bits per heavy atom. The molecule has 11 heteroatoms. The van der Waals surface area contributed by atoms with Crippen molar-refractivity contribution in [2.24, 2.45) is 0 Å². The highest BCUT2D eigenvalue weighted by Gasteiger charge is 2.31. The summed E-state index contributed by atoms with van der Waals surface area (Å²) in [4.78, 5) is 35.5. The molecule has 0 atom stereocenters. The molecule has 0 saturated carbocycles. The number of halogens is 3. The van der Waals surface area contributed by atoms with E-state index in [0.717, 1.165) is 34.8 Å². The fourth-order valence-electron chi connectivity index (χ4n) is 3.66. The number of H-pyrrole nitrogens is 1. The van der Waals surface area contributed by atoms with E-state index in [0.29, 0.717) is 24.3 Å². The van der Waals surface area contributed by atoms with Gasteiger partial charge in [0.05, 0.1) is 11.4 Å². The van der Waals surface area contributed by atoms with E-state index < -0.39 is 17.7 Å². The number of fused-ring (bicyclic) bond motifs is 3. The summed E-state index contributed by atoms with van der Waals surface area (Å²) in [6.07, 6.45) is -4.82. The Hall–Kier alpha value is -3.47. The van der Waals surface area contributed by atoms with Crippen molar-refractivity contribution in [2.45, 2.75) is 25.4 Å². The van der Waals surface area contributed by atoms with Crippen molar-refractivity contribution in [1.29, 1.82) is 0 Å². The van der Waals surface area contributed by atoms with Crippen molar-refractivity contribution in [2.75, 3.05) is 18.8 Å². The highest BCUT2D eigenvalue weighted by atomic mass is 32.2. The lowest BCUT2D eigenvalue weighted by Crippen LogP contribution is -2.32. The Morgan fingerprint density at radius 1 is 1.12 bits per heavy atom. The predicted octanol–water partition coefficient (Wildman–Crippen LogP) is 4.73. The lowest BCUT2D eigenvalue weighted by molar-refractivity contribution is -0.274. The summed E-state index contributed by atoms with van der Waals surface area (Å²) < 4.78 is 42.8. The summed E-state index contributed by atoms with van der Waals surface area (Å²) in [6.45, 7) is 4.86. The second-order valence-electron chi connectivity index (χ2n) is 7.33. The van der Waals surface area contributed by atoms with Gasteiger partial charge < -0.3 is 14.6 Å². The monoisotopic (exact) mass is 490 g/mol. The summed E-state index contributed by atoms with van der Waals surface area (Å²) in [7, 11) is 0. The Balaban J connectivity index is 1.82. The van der Waals surface area contributed by atoms with Crippen LogP contribution in [0.4, 0.5) is 13.2 Å². The van der Waals surface area contributed by atoms with Gasteiger partial charge in [0.15, 0.2) is 5.16 Å². The van der Waals surface area contributed by atoms with E-state index in [2.05, 4.69) is 14.7 Å². The quantitative estimate of drug-likeness (QED) is 0.299. The summed E-state index contributed by atoms with van der Waals surface area (Å²) in [5, 5.41) is 1.01. The number of rotatable bonds is 7. The molecular formula is C23H21F3N4O3S. The third-order valence-corrected chi connectivity index (χ3v) is 6.19. The fourth-order valence-corrected chi connectivity index (χ4v) is 4.57. The number of aromatic amines is 1. The minimum absolute atomic E-state index is 0.0528. The first kappa shape index (κ1) is 23.7. The number of nitrogens with one attached hydrogen (secondary N) is 1. The number of ether oxygens (including phenoxy) is 1. The number of benzene rings is 2. The molecule has 2 aromatic carbocycles. The first-order valence-corrected chi connectivity index (χ1v) is 11.5. The summed E-state index contributed by atoms with van der Waals surface area (Å²) in [5.41, 5.74) is 1.32. The molecule has 2 aromatic heterocycles. The topological polar surface area (TPSA) is 80.2 Å². The number of carbonyl (C=O) groups is 1. The van der Waals surface area contributed by atoms with Gasteiger partial charge >= 0.3 is 6.36 Å². The van der Waals surface area contributed by atoms with Crippen LogP contribution >= 0.6 is 11.8 Å². The molecule has 4 aromatic rings. The molecule has 0 radical (unpaired) electrons. The highest BCUT2D eigenvalue weighted by molar-refractivity contribution is 7.99. The minimum atomic E-state index is -4.82. The predicted molar refractivity (Wildman–Crippen MR) is 125 cm³/mol. The normalized spacial score (nSPS) is 11.8. The number of alkyl halides is 3. The van der Waals surface area contributed by atoms with Crippen LogP contribution in [0.2, 0.25) is 0 Å². The van der Waals surface area contributed by atoms with Crippen molar-refractivity contribution in [3.8, 4) is 11.4 Å². The fraction of sp³-hybridized carbons (Fsp3) is 0.261. The van der Waals surface area contributed by atoms with Crippen LogP contribution in [0.3, 0.4) is 0 Å². The van der Waals surface area contributed by atoms with Crippen LogP contribution in [0.5, 0.6) is 5.75 Å². The molecule has 0 saturated heterocycles. The van der Waals surface area contributed by atoms with E-state index in [-0.39, 0.29) is 22.3 Å². The molecule has 2 heterocycles. The molecule has 0 unspecified atom stereocenters. The molecule has 7 nitrogen and oxygen atoms in total. The van der Waals surface area contributed by atoms with Crippen molar-refractivity contribution >= 4 is 39.6 Å². The second-order valence-corrected chi connectivity index (χ2v) is 8.27. The van der Waals surface area contributed by atoms with Crippen LogP contribution in [0.15, 0.2) is 58.5 Å². The van der Waals surface area contributed by atoms with E-state index >= 15 is 0 Å². The van der Waals surface area contributed by atoms with Crippen LogP contribution in [0.25, 0.3) is 27.6 Å². The largest absolute Gasteiger partial charge is 0.573 e. The number of para-hydroxylation sites is 1. The van der Waals surface area contributed by atoms with E-state index in [1.54, 1.807) is 4.90 Å². The molecule has 0 aliphatic carbocycles. The molecule has 178 valence electrons. The number of aromatic nitrogens is 3. The first-order valence-electron chi connectivity index (χ1n) is 10.5. The van der Waals surface area contributed by atoms with Crippen molar-refractivity contribution in [3.05, 3.63) is 58.9 Å². The smallest absolute Gasteiger partial charge is 0.406 e. The van der Waals surface area contributed by atoms with Gasteiger partial charge in [-0.25, -0.2) is 4.98 Å². The van der Waals surface area contributed by atoms with Gasteiger partial charge in [-0.1, -0.05) is 30.0 Å². The minimum Gasteiger partial charge on any atom is -0.406 e. The van der Waals surface area contributed by atoms with Crippen LogP contribution in [-0.4, -0.2) is 50.5 Å². The number of thioether (sulfide) groups is 1. The number of nitrogens with zero attached hydrogens (tertiary/aromatic N) is 3. The van der Waals surface area contributed by atoms with E-state index in [9.17, 15) is 22.8 Å². The van der Waals surface area contributed by atoms with Crippen molar-refractivity contribution < 1.29 is 22.7 Å². The van der Waals surface area contributed by atoms with Crippen LogP contribution in [0.1, 0.15) is 13.8 Å². The molecule has 1 N–H and O–H groups in total. The molecule has 1 amide bonds. The van der Waals surface area contributed by atoms with Gasteiger partial charge in [-0.15, -0.1) is 13.2 Å². The van der Waals surface area contributed by atoms with E-state index in [1.165, 1.54) is 16.7 Å². The zero-order chi connectivity index (χ0) is 24.5. The van der Waals surface area contributed by atoms with E-state index in [1.807, 2.05) is 38.1 Å². The maximum atomic E-state index is 13.5. The van der Waals surface area contributed by atoms with Crippen molar-refractivity contribution in [1.82, 2.24) is 19.4 Å². The van der Waals surface area contributed by atoms with E-state index in [4.69, 9.17) is 0 Å². The standard InChI is InChI=1S/C23H21F3N4O3S/c1-3-29(4-2)18(31)13-34-22-28-19-16-7-5-6-8-17(16)27-20(19)21(32)30(22)14-9-11-15(12-10-14)33-23(24,25)26/h5-12,27H,3-4,13H2,1-2H3. The maximum absolute atomic E-state index is 13.5. The third kappa shape index (κ3) is 4.74. The van der Waals surface area contributed by atoms with Gasteiger partial charge in [0.25, 0.3) is 5.56 Å². The Bertz CT molecular complexity index is 1390. The van der Waals surface area contributed by atoms with Crippen LogP contribution in [-0.2, 0) is 4.79 Å².